The van der Waals surface area contributed by atoms with E-state index in [1.807, 2.05) is 19.1 Å². The summed E-state index contributed by atoms with van der Waals surface area (Å²) in [5.41, 5.74) is 0.991. The fourth-order valence-electron chi connectivity index (χ4n) is 2.50. The molecule has 1 aromatic rings. The molecule has 4 nitrogen and oxygen atoms in total. The molecule has 19 heavy (non-hydrogen) atoms. The summed E-state index contributed by atoms with van der Waals surface area (Å²) in [5.74, 6) is 1.64. The predicted octanol–water partition coefficient (Wildman–Crippen LogP) is 1.83. The molecule has 0 bridgehead atoms. The van der Waals surface area contributed by atoms with Crippen LogP contribution in [0, 0.1) is 6.92 Å². The summed E-state index contributed by atoms with van der Waals surface area (Å²) in [6.07, 6.45) is 0.846. The van der Waals surface area contributed by atoms with E-state index >= 15 is 0 Å². The Labute approximate surface area is 114 Å². The molecular weight excluding hydrogens is 244 g/mol. The van der Waals surface area contributed by atoms with E-state index in [9.17, 15) is 10.2 Å². The Bertz CT molecular complexity index is 454. The summed E-state index contributed by atoms with van der Waals surface area (Å²) in [6, 6.07) is 3.79. The second-order valence-corrected chi connectivity index (χ2v) is 5.38. The monoisotopic (exact) mass is 266 g/mol. The highest BCUT2D eigenvalue weighted by Gasteiger charge is 2.31. The van der Waals surface area contributed by atoms with Gasteiger partial charge >= 0.3 is 0 Å². The third-order valence-corrected chi connectivity index (χ3v) is 3.98. The zero-order chi connectivity index (χ0) is 14.0. The fraction of sp³-hybridized carbons (Fsp3) is 0.600. The van der Waals surface area contributed by atoms with E-state index in [0.717, 1.165) is 22.6 Å². The van der Waals surface area contributed by atoms with Crippen LogP contribution >= 0.6 is 0 Å². The lowest BCUT2D eigenvalue weighted by molar-refractivity contribution is -0.0739. The summed E-state index contributed by atoms with van der Waals surface area (Å²) in [7, 11) is 1.64. The molecule has 1 aliphatic rings. The van der Waals surface area contributed by atoms with Crippen LogP contribution in [-0.2, 0) is 6.42 Å². The van der Waals surface area contributed by atoms with Gasteiger partial charge in [0.15, 0.2) is 0 Å². The second-order valence-electron chi connectivity index (χ2n) is 5.38. The molecule has 2 N–H and O–H groups in total. The summed E-state index contributed by atoms with van der Waals surface area (Å²) < 4.78 is 11.1. The van der Waals surface area contributed by atoms with Gasteiger partial charge in [-0.15, -0.1) is 0 Å². The zero-order valence-corrected chi connectivity index (χ0v) is 11.8. The highest BCUT2D eigenvalue weighted by Crippen LogP contribution is 2.33. The number of aliphatic hydroxyl groups excluding tert-OH is 1. The van der Waals surface area contributed by atoms with Gasteiger partial charge in [-0.05, 0) is 44.4 Å². The van der Waals surface area contributed by atoms with Crippen LogP contribution in [0.2, 0.25) is 0 Å². The zero-order valence-electron chi connectivity index (χ0n) is 11.8. The topological polar surface area (TPSA) is 58.9 Å². The second kappa shape index (κ2) is 5.39. The molecular formula is C15H22O4. The van der Waals surface area contributed by atoms with Crippen LogP contribution in [0.25, 0.3) is 0 Å². The third-order valence-electron chi connectivity index (χ3n) is 3.98. The number of benzene rings is 1. The van der Waals surface area contributed by atoms with Gasteiger partial charge in [-0.3, -0.25) is 0 Å². The molecule has 0 fully saturated rings. The van der Waals surface area contributed by atoms with E-state index in [0.29, 0.717) is 25.9 Å². The molecule has 0 aliphatic carbocycles. The fourth-order valence-corrected chi connectivity index (χ4v) is 2.50. The van der Waals surface area contributed by atoms with Crippen LogP contribution in [0.4, 0.5) is 0 Å². The number of ether oxygens (including phenoxy) is 2. The van der Waals surface area contributed by atoms with E-state index in [-0.39, 0.29) is 0 Å². The minimum atomic E-state index is -1.10. The van der Waals surface area contributed by atoms with E-state index in [1.165, 1.54) is 0 Å². The number of hydrogen-bond acceptors (Lipinski definition) is 4. The van der Waals surface area contributed by atoms with Crippen molar-refractivity contribution in [2.75, 3.05) is 13.7 Å². The van der Waals surface area contributed by atoms with Crippen molar-refractivity contribution in [2.24, 2.45) is 0 Å². The Morgan fingerprint density at radius 1 is 1.42 bits per heavy atom. The minimum absolute atomic E-state index is 0.392. The maximum Gasteiger partial charge on any atom is 0.123 e. The first kappa shape index (κ1) is 14.2. The number of hydrogen-bond donors (Lipinski definition) is 2. The van der Waals surface area contributed by atoms with Crippen LogP contribution < -0.4 is 9.47 Å². The molecule has 1 aliphatic heterocycles. The largest absolute Gasteiger partial charge is 0.496 e. The Morgan fingerprint density at radius 2 is 2.16 bits per heavy atom. The van der Waals surface area contributed by atoms with Gasteiger partial charge in [0.05, 0.1) is 25.4 Å². The van der Waals surface area contributed by atoms with Crippen molar-refractivity contribution < 1.29 is 19.7 Å². The van der Waals surface area contributed by atoms with Crippen LogP contribution in [0.15, 0.2) is 12.1 Å². The lowest BCUT2D eigenvalue weighted by Gasteiger charge is -2.28. The first-order chi connectivity index (χ1) is 8.95. The Balaban J connectivity index is 2.33. The van der Waals surface area contributed by atoms with Gasteiger partial charge in [0.1, 0.15) is 11.5 Å². The van der Waals surface area contributed by atoms with E-state index < -0.39 is 11.7 Å². The van der Waals surface area contributed by atoms with Crippen LogP contribution in [-0.4, -0.2) is 35.6 Å². The quantitative estimate of drug-likeness (QED) is 0.814. The van der Waals surface area contributed by atoms with Gasteiger partial charge in [0.25, 0.3) is 0 Å². The average Bonchev–Trinajstić information content (AvgIpc) is 2.41. The van der Waals surface area contributed by atoms with Crippen LogP contribution in [0.3, 0.4) is 0 Å². The lowest BCUT2D eigenvalue weighted by Crippen LogP contribution is -2.40. The van der Waals surface area contributed by atoms with Gasteiger partial charge < -0.3 is 19.7 Å². The van der Waals surface area contributed by atoms with Crippen molar-refractivity contribution in [3.8, 4) is 11.5 Å². The Morgan fingerprint density at radius 3 is 2.84 bits per heavy atom. The lowest BCUT2D eigenvalue weighted by atomic mass is 9.90. The molecule has 1 heterocycles. The Kier molecular flexibility index (Phi) is 4.02. The van der Waals surface area contributed by atoms with Crippen molar-refractivity contribution in [3.05, 3.63) is 23.3 Å². The van der Waals surface area contributed by atoms with Gasteiger partial charge in [-0.1, -0.05) is 0 Å². The maximum atomic E-state index is 10.2. The summed E-state index contributed by atoms with van der Waals surface area (Å²) >= 11 is 0. The standard InChI is InChI=1S/C15H22O4/c1-10-11-4-7-14(16)15(2,17)8-9-19-13(11)6-5-12(10)18-3/h5-6,14,16-17H,4,7-9H2,1-3H3/t14-,15+/m0/s1. The average molecular weight is 266 g/mol. The maximum absolute atomic E-state index is 10.2. The highest BCUT2D eigenvalue weighted by atomic mass is 16.5. The molecule has 0 aromatic heterocycles. The van der Waals surface area contributed by atoms with Crippen LogP contribution in [0.5, 0.6) is 11.5 Å². The molecule has 0 unspecified atom stereocenters. The van der Waals surface area contributed by atoms with E-state index in [4.69, 9.17) is 9.47 Å². The molecule has 0 amide bonds. The molecule has 2 rings (SSSR count). The molecule has 106 valence electrons. The van der Waals surface area contributed by atoms with Gasteiger partial charge in [0.2, 0.25) is 0 Å². The van der Waals surface area contributed by atoms with Gasteiger partial charge in [0, 0.05) is 12.0 Å². The molecule has 0 saturated carbocycles. The highest BCUT2D eigenvalue weighted by molar-refractivity contribution is 5.48. The number of rotatable bonds is 1. The normalized spacial score (nSPS) is 27.5. The molecule has 1 aromatic carbocycles. The summed E-state index contributed by atoms with van der Waals surface area (Å²) in [6.45, 7) is 4.04. The number of methoxy groups -OCH3 is 1. The molecule has 0 saturated heterocycles. The smallest absolute Gasteiger partial charge is 0.123 e. The Hall–Kier alpha value is -1.26. The molecule has 0 spiro atoms. The number of fused-ring (bicyclic) bond motifs is 1. The summed E-state index contributed by atoms with van der Waals surface area (Å²) in [4.78, 5) is 0. The van der Waals surface area contributed by atoms with Crippen molar-refractivity contribution in [2.45, 2.75) is 44.8 Å². The SMILES string of the molecule is COc1ccc2c(c1C)CC[C@H](O)[C@](C)(O)CCO2. The molecule has 0 radical (unpaired) electrons. The van der Waals surface area contributed by atoms with E-state index in [1.54, 1.807) is 14.0 Å². The van der Waals surface area contributed by atoms with Crippen molar-refractivity contribution >= 4 is 0 Å². The minimum Gasteiger partial charge on any atom is -0.496 e. The van der Waals surface area contributed by atoms with Crippen molar-refractivity contribution in [3.63, 3.8) is 0 Å². The van der Waals surface area contributed by atoms with Gasteiger partial charge in [-0.25, -0.2) is 0 Å². The molecule has 2 atom stereocenters. The first-order valence-electron chi connectivity index (χ1n) is 6.65. The van der Waals surface area contributed by atoms with Crippen molar-refractivity contribution in [1.82, 2.24) is 0 Å². The molecule has 4 heteroatoms. The third kappa shape index (κ3) is 2.85. The van der Waals surface area contributed by atoms with Crippen molar-refractivity contribution in [1.29, 1.82) is 0 Å². The van der Waals surface area contributed by atoms with Gasteiger partial charge in [-0.2, -0.15) is 0 Å². The first-order valence-corrected chi connectivity index (χ1v) is 6.65. The predicted molar refractivity (Wildman–Crippen MR) is 72.8 cm³/mol. The summed E-state index contributed by atoms with van der Waals surface area (Å²) in [5, 5.41) is 20.2. The van der Waals surface area contributed by atoms with Crippen LogP contribution in [0.1, 0.15) is 30.9 Å². The van der Waals surface area contributed by atoms with E-state index in [2.05, 4.69) is 0 Å². The number of aliphatic hydroxyl groups is 2.